The minimum Gasteiger partial charge on any atom is -0.491 e. The van der Waals surface area contributed by atoms with Gasteiger partial charge in [-0.15, -0.1) is 0 Å². The quantitative estimate of drug-likeness (QED) is 0.582. The number of hydroxylamine groups is 1. The lowest BCUT2D eigenvalue weighted by molar-refractivity contribution is 0.145. The molecule has 1 aromatic carbocycles. The maximum Gasteiger partial charge on any atom is 0.138 e. The monoisotopic (exact) mass is 205 g/mol. The van der Waals surface area contributed by atoms with Crippen molar-refractivity contribution in [1.82, 2.24) is 5.48 Å². The molecule has 0 amide bonds. The number of nitrogens with one attached hydrogen (secondary N) is 1. The predicted molar refractivity (Wildman–Crippen MR) is 46.7 cm³/mol. The summed E-state index contributed by atoms with van der Waals surface area (Å²) in [4.78, 5) is 0. The third kappa shape index (κ3) is 3.18. The Morgan fingerprint density at radius 3 is 2.92 bits per heavy atom. The Morgan fingerprint density at radius 1 is 1.54 bits per heavy atom. The molecule has 5 heteroatoms. The molecule has 0 radical (unpaired) electrons. The Bertz CT molecular complexity index is 283. The van der Waals surface area contributed by atoms with Crippen molar-refractivity contribution in [1.29, 1.82) is 0 Å². The van der Waals surface area contributed by atoms with Gasteiger partial charge in [0, 0.05) is 0 Å². The van der Waals surface area contributed by atoms with Crippen LogP contribution in [0.5, 0.6) is 5.75 Å². The van der Waals surface area contributed by atoms with Crippen molar-refractivity contribution in [3.05, 3.63) is 29.0 Å². The van der Waals surface area contributed by atoms with E-state index in [0.717, 1.165) is 0 Å². The van der Waals surface area contributed by atoms with Gasteiger partial charge in [0.05, 0.1) is 11.6 Å². The molecule has 1 rings (SSSR count). The van der Waals surface area contributed by atoms with Gasteiger partial charge in [0.15, 0.2) is 0 Å². The molecule has 0 fully saturated rings. The molecule has 0 heterocycles. The largest absolute Gasteiger partial charge is 0.491 e. The van der Waals surface area contributed by atoms with Gasteiger partial charge in [-0.2, -0.15) is 0 Å². The fourth-order valence-electron chi connectivity index (χ4n) is 0.799. The standard InChI is InChI=1S/C8H9ClFNO2/c9-7-5-6(10)1-2-8(7)13-4-3-11-12/h1-2,5,11-12H,3-4H2. The lowest BCUT2D eigenvalue weighted by atomic mass is 10.3. The zero-order valence-corrected chi connectivity index (χ0v) is 7.51. The Labute approximate surface area is 80.0 Å². The molecule has 0 bridgehead atoms. The van der Waals surface area contributed by atoms with E-state index < -0.39 is 5.82 Å². The van der Waals surface area contributed by atoms with E-state index in [0.29, 0.717) is 5.75 Å². The number of ether oxygens (including phenoxy) is 1. The van der Waals surface area contributed by atoms with Crippen LogP contribution in [0.2, 0.25) is 5.02 Å². The summed E-state index contributed by atoms with van der Waals surface area (Å²) in [5.41, 5.74) is 1.93. The van der Waals surface area contributed by atoms with E-state index in [1.54, 1.807) is 0 Å². The number of rotatable bonds is 4. The van der Waals surface area contributed by atoms with E-state index >= 15 is 0 Å². The Kier molecular flexibility index (Phi) is 3.95. The molecule has 0 unspecified atom stereocenters. The highest BCUT2D eigenvalue weighted by molar-refractivity contribution is 6.32. The van der Waals surface area contributed by atoms with Crippen LogP contribution >= 0.6 is 11.6 Å². The maximum absolute atomic E-state index is 12.5. The van der Waals surface area contributed by atoms with Gasteiger partial charge in [-0.3, -0.25) is 0 Å². The summed E-state index contributed by atoms with van der Waals surface area (Å²) < 4.78 is 17.7. The molecule has 3 nitrogen and oxygen atoms in total. The Balaban J connectivity index is 2.56. The summed E-state index contributed by atoms with van der Waals surface area (Å²) >= 11 is 5.66. The highest BCUT2D eigenvalue weighted by Crippen LogP contribution is 2.24. The van der Waals surface area contributed by atoms with E-state index in [1.165, 1.54) is 18.2 Å². The molecule has 0 aliphatic heterocycles. The zero-order chi connectivity index (χ0) is 9.68. The lowest BCUT2D eigenvalue weighted by Gasteiger charge is -2.06. The number of halogens is 2. The van der Waals surface area contributed by atoms with Gasteiger partial charge in [-0.05, 0) is 18.2 Å². The average Bonchev–Trinajstić information content (AvgIpc) is 2.09. The molecule has 0 aliphatic carbocycles. The fourth-order valence-corrected chi connectivity index (χ4v) is 1.02. The van der Waals surface area contributed by atoms with Crippen LogP contribution in [-0.4, -0.2) is 18.4 Å². The van der Waals surface area contributed by atoms with E-state index in [9.17, 15) is 4.39 Å². The van der Waals surface area contributed by atoms with Gasteiger partial charge in [-0.25, -0.2) is 9.87 Å². The summed E-state index contributed by atoms with van der Waals surface area (Å²) in [5.74, 6) is -0.00375. The second-order valence-electron chi connectivity index (χ2n) is 2.33. The lowest BCUT2D eigenvalue weighted by Crippen LogP contribution is -2.16. The van der Waals surface area contributed by atoms with Crippen LogP contribution in [0, 0.1) is 5.82 Å². The first kappa shape index (κ1) is 10.2. The van der Waals surface area contributed by atoms with Crippen LogP contribution in [0.15, 0.2) is 18.2 Å². The predicted octanol–water partition coefficient (Wildman–Crippen LogP) is 1.84. The molecule has 0 aromatic heterocycles. The van der Waals surface area contributed by atoms with Crippen molar-refractivity contribution < 1.29 is 14.3 Å². The first-order valence-corrected chi connectivity index (χ1v) is 4.06. The summed E-state index contributed by atoms with van der Waals surface area (Å²) in [6, 6.07) is 3.87. The van der Waals surface area contributed by atoms with Crippen molar-refractivity contribution in [3.63, 3.8) is 0 Å². The molecule has 0 atom stereocenters. The third-order valence-electron chi connectivity index (χ3n) is 1.37. The summed E-state index contributed by atoms with van der Waals surface area (Å²) in [6.45, 7) is 0.551. The molecule has 13 heavy (non-hydrogen) atoms. The smallest absolute Gasteiger partial charge is 0.138 e. The fraction of sp³-hybridized carbons (Fsp3) is 0.250. The number of hydrogen-bond acceptors (Lipinski definition) is 3. The van der Waals surface area contributed by atoms with E-state index in [-0.39, 0.29) is 18.2 Å². The normalized spacial score (nSPS) is 10.1. The van der Waals surface area contributed by atoms with Crippen molar-refractivity contribution >= 4 is 11.6 Å². The summed E-state index contributed by atoms with van der Waals surface area (Å²) in [6.07, 6.45) is 0. The van der Waals surface area contributed by atoms with Crippen molar-refractivity contribution in [2.45, 2.75) is 0 Å². The second kappa shape index (κ2) is 5.01. The molecule has 0 saturated carbocycles. The molecular weight excluding hydrogens is 197 g/mol. The van der Waals surface area contributed by atoms with Crippen LogP contribution in [0.25, 0.3) is 0 Å². The molecule has 0 aliphatic rings. The topological polar surface area (TPSA) is 41.5 Å². The van der Waals surface area contributed by atoms with Crippen molar-refractivity contribution in [2.75, 3.05) is 13.2 Å². The second-order valence-corrected chi connectivity index (χ2v) is 2.74. The minimum atomic E-state index is -0.405. The minimum absolute atomic E-state index is 0.220. The van der Waals surface area contributed by atoms with Gasteiger partial charge >= 0.3 is 0 Å². The van der Waals surface area contributed by atoms with Gasteiger partial charge in [0.2, 0.25) is 0 Å². The molecule has 72 valence electrons. The van der Waals surface area contributed by atoms with Crippen LogP contribution in [0.4, 0.5) is 4.39 Å². The van der Waals surface area contributed by atoms with Crippen molar-refractivity contribution in [3.8, 4) is 5.75 Å². The highest BCUT2D eigenvalue weighted by atomic mass is 35.5. The third-order valence-corrected chi connectivity index (χ3v) is 1.66. The zero-order valence-electron chi connectivity index (χ0n) is 6.76. The molecule has 0 saturated heterocycles. The maximum atomic E-state index is 12.5. The molecular formula is C8H9ClFNO2. The number of benzene rings is 1. The average molecular weight is 206 g/mol. The Morgan fingerprint density at radius 2 is 2.31 bits per heavy atom. The van der Waals surface area contributed by atoms with Crippen LogP contribution in [-0.2, 0) is 0 Å². The summed E-state index contributed by atoms with van der Waals surface area (Å²) in [5, 5.41) is 8.46. The first-order valence-electron chi connectivity index (χ1n) is 3.69. The van der Waals surface area contributed by atoms with Crippen LogP contribution < -0.4 is 10.2 Å². The van der Waals surface area contributed by atoms with Gasteiger partial charge in [-0.1, -0.05) is 11.6 Å². The Hall–Kier alpha value is -0.840. The van der Waals surface area contributed by atoms with E-state index in [2.05, 4.69) is 0 Å². The van der Waals surface area contributed by atoms with Gasteiger partial charge < -0.3 is 9.94 Å². The number of hydrogen-bond donors (Lipinski definition) is 2. The van der Waals surface area contributed by atoms with Crippen LogP contribution in [0.3, 0.4) is 0 Å². The first-order chi connectivity index (χ1) is 6.24. The summed E-state index contributed by atoms with van der Waals surface area (Å²) in [7, 11) is 0. The highest BCUT2D eigenvalue weighted by Gasteiger charge is 2.01. The molecule has 2 N–H and O–H groups in total. The SMILES string of the molecule is ONCCOc1ccc(F)cc1Cl. The molecule has 0 spiro atoms. The van der Waals surface area contributed by atoms with Gasteiger partial charge in [0.25, 0.3) is 0 Å². The molecule has 1 aromatic rings. The van der Waals surface area contributed by atoms with Gasteiger partial charge in [0.1, 0.15) is 18.2 Å². The van der Waals surface area contributed by atoms with Crippen LogP contribution in [0.1, 0.15) is 0 Å². The van der Waals surface area contributed by atoms with Crippen molar-refractivity contribution in [2.24, 2.45) is 0 Å². The van der Waals surface area contributed by atoms with E-state index in [4.69, 9.17) is 21.5 Å². The van der Waals surface area contributed by atoms with E-state index in [1.807, 2.05) is 5.48 Å².